The average molecular weight is 269 g/mol. The fourth-order valence-electron chi connectivity index (χ4n) is 1.23. The van der Waals surface area contributed by atoms with Crippen LogP contribution >= 0.6 is 11.8 Å². The van der Waals surface area contributed by atoms with Crippen LogP contribution < -0.4 is 10.5 Å². The van der Waals surface area contributed by atoms with Gasteiger partial charge in [-0.3, -0.25) is 0 Å². The van der Waals surface area contributed by atoms with Gasteiger partial charge in [0.15, 0.2) is 16.8 Å². The number of ether oxygens (including phenoxy) is 1. The summed E-state index contributed by atoms with van der Waals surface area (Å²) in [6.45, 7) is 0. The number of halogens is 2. The van der Waals surface area contributed by atoms with E-state index in [0.29, 0.717) is 5.16 Å². The van der Waals surface area contributed by atoms with Crippen molar-refractivity contribution in [3.05, 3.63) is 35.9 Å². The fourth-order valence-corrected chi connectivity index (χ4v) is 1.60. The molecule has 0 aliphatic carbocycles. The van der Waals surface area contributed by atoms with Crippen LogP contribution in [0.3, 0.4) is 0 Å². The minimum absolute atomic E-state index is 0.138. The summed E-state index contributed by atoms with van der Waals surface area (Å²) in [5.41, 5.74) is 5.56. The molecule has 2 rings (SSSR count). The zero-order chi connectivity index (χ0) is 13.1. The van der Waals surface area contributed by atoms with Crippen LogP contribution in [0.2, 0.25) is 0 Å². The lowest BCUT2D eigenvalue weighted by Gasteiger charge is -2.06. The SMILES string of the molecule is CSc1nc(N)cc(Oc2ccc(F)c(F)c2)n1. The van der Waals surface area contributed by atoms with E-state index < -0.39 is 11.6 Å². The Morgan fingerprint density at radius 3 is 2.61 bits per heavy atom. The summed E-state index contributed by atoms with van der Waals surface area (Å²) in [7, 11) is 0. The monoisotopic (exact) mass is 269 g/mol. The van der Waals surface area contributed by atoms with Crippen molar-refractivity contribution in [1.82, 2.24) is 9.97 Å². The zero-order valence-electron chi connectivity index (χ0n) is 9.35. The highest BCUT2D eigenvalue weighted by Crippen LogP contribution is 2.24. The predicted octanol–water partition coefficient (Wildman–Crippen LogP) is 2.85. The van der Waals surface area contributed by atoms with E-state index in [1.54, 1.807) is 6.26 Å². The van der Waals surface area contributed by atoms with Gasteiger partial charge in [0.05, 0.1) is 0 Å². The van der Waals surface area contributed by atoms with Crippen molar-refractivity contribution in [3.8, 4) is 11.6 Å². The molecule has 2 aromatic rings. The summed E-state index contributed by atoms with van der Waals surface area (Å²) in [6.07, 6.45) is 1.79. The van der Waals surface area contributed by atoms with E-state index >= 15 is 0 Å². The molecule has 18 heavy (non-hydrogen) atoms. The lowest BCUT2D eigenvalue weighted by Crippen LogP contribution is -1.97. The molecule has 0 spiro atoms. The molecular formula is C11H9F2N3OS. The third-order valence-electron chi connectivity index (χ3n) is 2.00. The first-order valence-corrected chi connectivity index (χ1v) is 6.12. The maximum atomic E-state index is 13.0. The molecule has 0 fully saturated rings. The van der Waals surface area contributed by atoms with Gasteiger partial charge in [0.25, 0.3) is 0 Å². The van der Waals surface area contributed by atoms with Crippen molar-refractivity contribution in [1.29, 1.82) is 0 Å². The highest BCUT2D eigenvalue weighted by atomic mass is 32.2. The van der Waals surface area contributed by atoms with E-state index in [9.17, 15) is 8.78 Å². The smallest absolute Gasteiger partial charge is 0.225 e. The molecule has 0 bridgehead atoms. The number of anilines is 1. The molecule has 0 saturated carbocycles. The van der Waals surface area contributed by atoms with Crippen LogP contribution in [0.5, 0.6) is 11.6 Å². The summed E-state index contributed by atoms with van der Waals surface area (Å²) >= 11 is 1.30. The number of nitrogen functional groups attached to an aromatic ring is 1. The topological polar surface area (TPSA) is 61.0 Å². The molecule has 94 valence electrons. The molecule has 0 unspecified atom stereocenters. The third kappa shape index (κ3) is 2.86. The number of benzene rings is 1. The van der Waals surface area contributed by atoms with Crippen molar-refractivity contribution in [2.24, 2.45) is 0 Å². The highest BCUT2D eigenvalue weighted by molar-refractivity contribution is 7.98. The summed E-state index contributed by atoms with van der Waals surface area (Å²) in [4.78, 5) is 7.97. The second-order valence-corrected chi connectivity index (χ2v) is 4.07. The van der Waals surface area contributed by atoms with Crippen LogP contribution in [0, 0.1) is 11.6 Å². The van der Waals surface area contributed by atoms with Crippen LogP contribution in [-0.2, 0) is 0 Å². The molecule has 2 N–H and O–H groups in total. The van der Waals surface area contributed by atoms with E-state index in [2.05, 4.69) is 9.97 Å². The van der Waals surface area contributed by atoms with Gasteiger partial charge in [-0.15, -0.1) is 0 Å². The summed E-state index contributed by atoms with van der Waals surface area (Å²) < 4.78 is 31.0. The van der Waals surface area contributed by atoms with Crippen LogP contribution in [0.4, 0.5) is 14.6 Å². The zero-order valence-corrected chi connectivity index (χ0v) is 10.2. The Labute approximate surface area is 106 Å². The number of thioether (sulfide) groups is 1. The number of aromatic nitrogens is 2. The van der Waals surface area contributed by atoms with Crippen LogP contribution in [0.15, 0.2) is 29.4 Å². The van der Waals surface area contributed by atoms with Gasteiger partial charge in [-0.05, 0) is 18.4 Å². The minimum atomic E-state index is -0.986. The maximum absolute atomic E-state index is 13.0. The summed E-state index contributed by atoms with van der Waals surface area (Å²) in [5.74, 6) is -1.36. The molecule has 1 aromatic carbocycles. The average Bonchev–Trinajstić information content (AvgIpc) is 2.33. The molecule has 0 atom stereocenters. The van der Waals surface area contributed by atoms with E-state index in [-0.39, 0.29) is 17.4 Å². The van der Waals surface area contributed by atoms with E-state index in [4.69, 9.17) is 10.5 Å². The summed E-state index contributed by atoms with van der Waals surface area (Å²) in [6, 6.07) is 4.62. The van der Waals surface area contributed by atoms with Crippen molar-refractivity contribution >= 4 is 17.6 Å². The van der Waals surface area contributed by atoms with E-state index in [1.165, 1.54) is 23.9 Å². The first-order chi connectivity index (χ1) is 8.58. The lowest BCUT2D eigenvalue weighted by molar-refractivity contribution is 0.442. The number of nitrogens with zero attached hydrogens (tertiary/aromatic N) is 2. The Morgan fingerprint density at radius 2 is 1.94 bits per heavy atom. The Bertz CT molecular complexity index is 580. The van der Waals surface area contributed by atoms with E-state index in [0.717, 1.165) is 12.1 Å². The molecule has 0 radical (unpaired) electrons. The molecule has 0 aliphatic heterocycles. The molecule has 4 nitrogen and oxygen atoms in total. The van der Waals surface area contributed by atoms with Gasteiger partial charge in [-0.2, -0.15) is 4.98 Å². The fraction of sp³-hybridized carbons (Fsp3) is 0.0909. The third-order valence-corrected chi connectivity index (χ3v) is 2.55. The normalized spacial score (nSPS) is 10.4. The molecule has 7 heteroatoms. The first-order valence-electron chi connectivity index (χ1n) is 4.90. The lowest BCUT2D eigenvalue weighted by atomic mass is 10.3. The van der Waals surface area contributed by atoms with Gasteiger partial charge in [0.1, 0.15) is 11.6 Å². The van der Waals surface area contributed by atoms with Crippen LogP contribution in [0.25, 0.3) is 0 Å². The van der Waals surface area contributed by atoms with Gasteiger partial charge in [-0.1, -0.05) is 11.8 Å². The highest BCUT2D eigenvalue weighted by Gasteiger charge is 2.07. The predicted molar refractivity (Wildman–Crippen MR) is 64.7 cm³/mol. The maximum Gasteiger partial charge on any atom is 0.225 e. The van der Waals surface area contributed by atoms with Crippen molar-refractivity contribution in [3.63, 3.8) is 0 Å². The largest absolute Gasteiger partial charge is 0.439 e. The molecule has 0 aliphatic rings. The second kappa shape index (κ2) is 5.18. The number of rotatable bonds is 3. The first kappa shape index (κ1) is 12.6. The molecule has 1 heterocycles. The Kier molecular flexibility index (Phi) is 3.61. The van der Waals surface area contributed by atoms with Crippen molar-refractivity contribution in [2.75, 3.05) is 12.0 Å². The summed E-state index contributed by atoms with van der Waals surface area (Å²) in [5, 5.41) is 0.438. The second-order valence-electron chi connectivity index (χ2n) is 3.30. The Balaban J connectivity index is 2.27. The number of nitrogens with two attached hydrogens (primary N) is 1. The van der Waals surface area contributed by atoms with Gasteiger partial charge in [-0.25, -0.2) is 13.8 Å². The van der Waals surface area contributed by atoms with Gasteiger partial charge < -0.3 is 10.5 Å². The number of hydrogen-bond acceptors (Lipinski definition) is 5. The minimum Gasteiger partial charge on any atom is -0.439 e. The molecule has 0 amide bonds. The van der Waals surface area contributed by atoms with Gasteiger partial charge in [0.2, 0.25) is 5.88 Å². The van der Waals surface area contributed by atoms with Crippen molar-refractivity contribution in [2.45, 2.75) is 5.16 Å². The van der Waals surface area contributed by atoms with Gasteiger partial charge >= 0.3 is 0 Å². The van der Waals surface area contributed by atoms with Crippen LogP contribution in [-0.4, -0.2) is 16.2 Å². The molecule has 0 saturated heterocycles. The van der Waals surface area contributed by atoms with Crippen LogP contribution in [0.1, 0.15) is 0 Å². The Morgan fingerprint density at radius 1 is 1.17 bits per heavy atom. The Hall–Kier alpha value is -1.89. The van der Waals surface area contributed by atoms with E-state index in [1.807, 2.05) is 0 Å². The number of hydrogen-bond donors (Lipinski definition) is 1. The standard InChI is InChI=1S/C11H9F2N3OS/c1-18-11-15-9(14)5-10(16-11)17-6-2-3-7(12)8(13)4-6/h2-5H,1H3,(H2,14,15,16). The van der Waals surface area contributed by atoms with Gasteiger partial charge in [0, 0.05) is 12.1 Å². The molecular weight excluding hydrogens is 260 g/mol. The quantitative estimate of drug-likeness (QED) is 0.685. The molecule has 1 aromatic heterocycles. The van der Waals surface area contributed by atoms with Crippen molar-refractivity contribution < 1.29 is 13.5 Å².